The molecule has 4 heteroatoms. The summed E-state index contributed by atoms with van der Waals surface area (Å²) in [5, 5.41) is 0. The lowest BCUT2D eigenvalue weighted by atomic mass is 10.2. The number of carbonyl (C=O) groups is 1. The molecular formula is C13H15ClO3. The third kappa shape index (κ3) is 4.91. The molecule has 0 bridgehead atoms. The molecule has 0 heterocycles. The van der Waals surface area contributed by atoms with Crippen LogP contribution in [-0.2, 0) is 4.74 Å². The monoisotopic (exact) mass is 254 g/mol. The van der Waals surface area contributed by atoms with Gasteiger partial charge in [0.25, 0.3) is 0 Å². The summed E-state index contributed by atoms with van der Waals surface area (Å²) >= 11 is 5.47. The molecule has 0 atom stereocenters. The molecule has 92 valence electrons. The Bertz CT molecular complexity index is 371. The van der Waals surface area contributed by atoms with Crippen LogP contribution in [0.2, 0.25) is 0 Å². The summed E-state index contributed by atoms with van der Waals surface area (Å²) in [6.07, 6.45) is 3.65. The van der Waals surface area contributed by atoms with Crippen LogP contribution >= 0.6 is 11.6 Å². The van der Waals surface area contributed by atoms with Gasteiger partial charge in [0, 0.05) is 5.88 Å². The van der Waals surface area contributed by atoms with Gasteiger partial charge in [-0.15, -0.1) is 11.6 Å². The molecule has 3 nitrogen and oxygen atoms in total. The number of allylic oxidation sites excluding steroid dienone is 1. The fourth-order valence-corrected chi connectivity index (χ4v) is 1.30. The van der Waals surface area contributed by atoms with E-state index in [0.717, 1.165) is 0 Å². The molecule has 0 fully saturated rings. The van der Waals surface area contributed by atoms with Crippen LogP contribution in [0.1, 0.15) is 17.3 Å². The van der Waals surface area contributed by atoms with Crippen LogP contribution < -0.4 is 4.74 Å². The molecule has 0 N–H and O–H groups in total. The zero-order valence-corrected chi connectivity index (χ0v) is 10.4. The van der Waals surface area contributed by atoms with Crippen LogP contribution in [-0.4, -0.2) is 25.1 Å². The number of ether oxygens (including phenoxy) is 2. The van der Waals surface area contributed by atoms with E-state index >= 15 is 0 Å². The van der Waals surface area contributed by atoms with Gasteiger partial charge in [0.2, 0.25) is 0 Å². The molecule has 1 aromatic rings. The van der Waals surface area contributed by atoms with E-state index in [2.05, 4.69) is 0 Å². The lowest BCUT2D eigenvalue weighted by molar-refractivity contribution is 0.0526. The lowest BCUT2D eigenvalue weighted by Gasteiger charge is -2.04. The van der Waals surface area contributed by atoms with Crippen molar-refractivity contribution >= 4 is 17.6 Å². The minimum Gasteiger partial charge on any atom is -0.490 e. The summed E-state index contributed by atoms with van der Waals surface area (Å²) in [7, 11) is 0. The summed E-state index contributed by atoms with van der Waals surface area (Å²) in [6, 6.07) is 6.83. The molecule has 0 saturated carbocycles. The number of hydrogen-bond acceptors (Lipinski definition) is 3. The molecule has 17 heavy (non-hydrogen) atoms. The molecule has 1 rings (SSSR count). The van der Waals surface area contributed by atoms with Gasteiger partial charge in [-0.25, -0.2) is 4.79 Å². The number of rotatable bonds is 6. The summed E-state index contributed by atoms with van der Waals surface area (Å²) in [5.41, 5.74) is 0.524. The second kappa shape index (κ2) is 7.74. The van der Waals surface area contributed by atoms with Crippen LogP contribution in [0.15, 0.2) is 36.4 Å². The van der Waals surface area contributed by atoms with Gasteiger partial charge in [0.05, 0.1) is 12.2 Å². The Morgan fingerprint density at radius 2 is 2.00 bits per heavy atom. The molecule has 0 amide bonds. The first-order valence-electron chi connectivity index (χ1n) is 5.39. The maximum absolute atomic E-state index is 11.4. The first kappa shape index (κ1) is 13.6. The first-order chi connectivity index (χ1) is 8.27. The van der Waals surface area contributed by atoms with Crippen LogP contribution in [0.25, 0.3) is 0 Å². The van der Waals surface area contributed by atoms with Crippen molar-refractivity contribution in [2.45, 2.75) is 6.92 Å². The van der Waals surface area contributed by atoms with E-state index in [1.54, 1.807) is 31.2 Å². The lowest BCUT2D eigenvalue weighted by Crippen LogP contribution is -2.04. The third-order valence-electron chi connectivity index (χ3n) is 1.97. The van der Waals surface area contributed by atoms with Crippen molar-refractivity contribution in [3.63, 3.8) is 0 Å². The number of carbonyl (C=O) groups excluding carboxylic acids is 1. The summed E-state index contributed by atoms with van der Waals surface area (Å²) < 4.78 is 10.3. The van der Waals surface area contributed by atoms with E-state index in [0.29, 0.717) is 30.4 Å². The van der Waals surface area contributed by atoms with Crippen LogP contribution in [0.3, 0.4) is 0 Å². The Labute approximate surface area is 106 Å². The van der Waals surface area contributed by atoms with Crippen LogP contribution in [0, 0.1) is 0 Å². The molecule has 0 radical (unpaired) electrons. The zero-order chi connectivity index (χ0) is 12.5. The Balaban J connectivity index is 2.50. The Morgan fingerprint density at radius 3 is 2.59 bits per heavy atom. The van der Waals surface area contributed by atoms with E-state index in [4.69, 9.17) is 21.1 Å². The molecule has 0 saturated heterocycles. The summed E-state index contributed by atoms with van der Waals surface area (Å²) in [6.45, 7) is 2.62. The van der Waals surface area contributed by atoms with Crippen molar-refractivity contribution in [2.24, 2.45) is 0 Å². The van der Waals surface area contributed by atoms with Gasteiger partial charge < -0.3 is 9.47 Å². The van der Waals surface area contributed by atoms with E-state index in [1.807, 2.05) is 12.2 Å². The minimum absolute atomic E-state index is 0.318. The molecule has 0 aromatic heterocycles. The summed E-state index contributed by atoms with van der Waals surface area (Å²) in [5.74, 6) is 0.865. The quantitative estimate of drug-likeness (QED) is 0.445. The highest BCUT2D eigenvalue weighted by Gasteiger charge is 2.05. The maximum Gasteiger partial charge on any atom is 0.338 e. The standard InChI is InChI=1S/C13H15ClO3/c1-2-16-13(15)11-5-7-12(8-6-11)17-10-4-3-9-14/h3-8H,2,9-10H2,1H3. The topological polar surface area (TPSA) is 35.5 Å². The smallest absolute Gasteiger partial charge is 0.338 e. The molecule has 0 aliphatic heterocycles. The van der Waals surface area contributed by atoms with Gasteiger partial charge in [-0.3, -0.25) is 0 Å². The second-order valence-electron chi connectivity index (χ2n) is 3.18. The number of esters is 1. The highest BCUT2D eigenvalue weighted by molar-refractivity contribution is 6.18. The normalized spacial score (nSPS) is 10.5. The fourth-order valence-electron chi connectivity index (χ4n) is 1.18. The highest BCUT2D eigenvalue weighted by atomic mass is 35.5. The second-order valence-corrected chi connectivity index (χ2v) is 3.49. The number of alkyl halides is 1. The molecule has 0 aliphatic rings. The zero-order valence-electron chi connectivity index (χ0n) is 9.69. The average molecular weight is 255 g/mol. The highest BCUT2D eigenvalue weighted by Crippen LogP contribution is 2.12. The van der Waals surface area contributed by atoms with Crippen LogP contribution in [0.5, 0.6) is 5.75 Å². The van der Waals surface area contributed by atoms with Crippen molar-refractivity contribution in [1.82, 2.24) is 0 Å². The molecule has 0 spiro atoms. The minimum atomic E-state index is -0.318. The van der Waals surface area contributed by atoms with Gasteiger partial charge in [-0.2, -0.15) is 0 Å². The van der Waals surface area contributed by atoms with Crippen molar-refractivity contribution < 1.29 is 14.3 Å². The SMILES string of the molecule is CCOC(=O)c1ccc(OCC=CCCl)cc1. The van der Waals surface area contributed by atoms with E-state index in [1.165, 1.54) is 0 Å². The average Bonchev–Trinajstić information content (AvgIpc) is 2.36. The predicted octanol–water partition coefficient (Wildman–Crippen LogP) is 3.04. The van der Waals surface area contributed by atoms with Crippen molar-refractivity contribution in [3.8, 4) is 5.75 Å². The van der Waals surface area contributed by atoms with Gasteiger partial charge in [0.1, 0.15) is 12.4 Å². The number of hydrogen-bond donors (Lipinski definition) is 0. The Morgan fingerprint density at radius 1 is 1.29 bits per heavy atom. The predicted molar refractivity (Wildman–Crippen MR) is 67.8 cm³/mol. The molecule has 1 aromatic carbocycles. The van der Waals surface area contributed by atoms with Gasteiger partial charge in [-0.1, -0.05) is 12.2 Å². The van der Waals surface area contributed by atoms with E-state index in [9.17, 15) is 4.79 Å². The van der Waals surface area contributed by atoms with Gasteiger partial charge >= 0.3 is 5.97 Å². The van der Waals surface area contributed by atoms with Crippen molar-refractivity contribution in [1.29, 1.82) is 0 Å². The molecule has 0 aliphatic carbocycles. The molecular weight excluding hydrogens is 240 g/mol. The third-order valence-corrected chi connectivity index (χ3v) is 2.15. The largest absolute Gasteiger partial charge is 0.490 e. The fraction of sp³-hybridized carbons (Fsp3) is 0.308. The number of halogens is 1. The van der Waals surface area contributed by atoms with E-state index < -0.39 is 0 Å². The van der Waals surface area contributed by atoms with Crippen LogP contribution in [0.4, 0.5) is 0 Å². The van der Waals surface area contributed by atoms with Crippen molar-refractivity contribution in [2.75, 3.05) is 19.1 Å². The first-order valence-corrected chi connectivity index (χ1v) is 5.92. The Hall–Kier alpha value is -1.48. The van der Waals surface area contributed by atoms with Gasteiger partial charge in [0.15, 0.2) is 0 Å². The Kier molecular flexibility index (Phi) is 6.18. The van der Waals surface area contributed by atoms with Crippen molar-refractivity contribution in [3.05, 3.63) is 42.0 Å². The summed E-state index contributed by atoms with van der Waals surface area (Å²) in [4.78, 5) is 11.4. The maximum atomic E-state index is 11.4. The van der Waals surface area contributed by atoms with Gasteiger partial charge in [-0.05, 0) is 31.2 Å². The molecule has 0 unspecified atom stereocenters. The number of benzene rings is 1. The van der Waals surface area contributed by atoms with E-state index in [-0.39, 0.29) is 5.97 Å².